The molecule has 1 aliphatic rings. The van der Waals surface area contributed by atoms with Gasteiger partial charge in [0, 0.05) is 5.71 Å². The first-order valence-corrected chi connectivity index (χ1v) is 8.11. The zero-order chi connectivity index (χ0) is 15.9. The number of aliphatic imine (C=N–C) groups is 1. The Labute approximate surface area is 137 Å². The molecule has 4 nitrogen and oxygen atoms in total. The van der Waals surface area contributed by atoms with E-state index in [0.29, 0.717) is 17.4 Å². The Hall–Kier alpha value is -1.75. The first kappa shape index (κ1) is 16.6. The molecule has 0 bridgehead atoms. The van der Waals surface area contributed by atoms with Gasteiger partial charge < -0.3 is 10.1 Å². The summed E-state index contributed by atoms with van der Waals surface area (Å²) in [5, 5.41) is 3.56. The number of thiocarbonyl (C=S) groups is 1. The van der Waals surface area contributed by atoms with Crippen LogP contribution in [0.15, 0.2) is 35.3 Å². The summed E-state index contributed by atoms with van der Waals surface area (Å²) >= 11 is 5.17. The molecule has 2 atom stereocenters. The number of nitrogens with zero attached hydrogens (tertiary/aromatic N) is 1. The van der Waals surface area contributed by atoms with Crippen molar-refractivity contribution in [2.45, 2.75) is 39.2 Å². The summed E-state index contributed by atoms with van der Waals surface area (Å²) in [4.78, 5) is 16.7. The molecule has 1 N–H and O–H groups in total. The normalized spacial score (nSPS) is 21.0. The Bertz CT molecular complexity index is 557. The highest BCUT2D eigenvalue weighted by Crippen LogP contribution is 2.28. The van der Waals surface area contributed by atoms with E-state index >= 15 is 0 Å². The quantitative estimate of drug-likeness (QED) is 0.496. The molecule has 0 saturated heterocycles. The molecule has 0 fully saturated rings. The van der Waals surface area contributed by atoms with Crippen LogP contribution in [0.4, 0.5) is 0 Å². The van der Waals surface area contributed by atoms with Crippen molar-refractivity contribution in [2.24, 2.45) is 10.9 Å². The number of hydrogen-bond donors (Lipinski definition) is 1. The minimum atomic E-state index is -0.435. The summed E-state index contributed by atoms with van der Waals surface area (Å²) < 4.78 is 5.44. The fourth-order valence-corrected chi connectivity index (χ4v) is 2.85. The van der Waals surface area contributed by atoms with Gasteiger partial charge in [-0.1, -0.05) is 50.1 Å². The molecule has 1 heterocycles. The minimum absolute atomic E-state index is 0.218. The van der Waals surface area contributed by atoms with Crippen LogP contribution in [0.5, 0.6) is 0 Å². The molecule has 0 spiro atoms. The van der Waals surface area contributed by atoms with E-state index in [4.69, 9.17) is 17.0 Å². The monoisotopic (exact) mass is 318 g/mol. The van der Waals surface area contributed by atoms with E-state index in [2.05, 4.69) is 17.2 Å². The fourth-order valence-electron chi connectivity index (χ4n) is 2.58. The molecular weight excluding hydrogens is 296 g/mol. The maximum Gasteiger partial charge on any atom is 0.317 e. The topological polar surface area (TPSA) is 50.7 Å². The van der Waals surface area contributed by atoms with Gasteiger partial charge in [-0.15, -0.1) is 0 Å². The number of esters is 1. The van der Waals surface area contributed by atoms with Gasteiger partial charge in [-0.25, -0.2) is 4.99 Å². The third kappa shape index (κ3) is 4.13. The zero-order valence-electron chi connectivity index (χ0n) is 13.0. The second kappa shape index (κ2) is 8.03. The number of nitrogens with one attached hydrogen (secondary N) is 1. The standard InChI is InChI=1S/C17H22N2O2S/c1-3-4-8-11-21-16(20)14-12(2)18-17(22)19-15(14)13-9-6-5-7-10-13/h5-7,9-10,14-15H,3-4,8,11H2,1-2H3,(H,19,22). The van der Waals surface area contributed by atoms with Gasteiger partial charge in [0.05, 0.1) is 12.6 Å². The van der Waals surface area contributed by atoms with Gasteiger partial charge in [0.15, 0.2) is 5.11 Å². The van der Waals surface area contributed by atoms with E-state index in [0.717, 1.165) is 24.8 Å². The van der Waals surface area contributed by atoms with Gasteiger partial charge in [0.2, 0.25) is 0 Å². The van der Waals surface area contributed by atoms with Crippen molar-refractivity contribution < 1.29 is 9.53 Å². The molecule has 1 aromatic carbocycles. The average Bonchev–Trinajstić information content (AvgIpc) is 2.51. The number of carbonyl (C=O) groups excluding carboxylic acids is 1. The fraction of sp³-hybridized carbons (Fsp3) is 0.471. The molecule has 0 aliphatic carbocycles. The lowest BCUT2D eigenvalue weighted by Gasteiger charge is -2.31. The summed E-state index contributed by atoms with van der Waals surface area (Å²) in [6.45, 7) is 4.42. The van der Waals surface area contributed by atoms with Crippen LogP contribution in [-0.2, 0) is 9.53 Å². The number of rotatable bonds is 6. The first-order valence-electron chi connectivity index (χ1n) is 7.70. The van der Waals surface area contributed by atoms with Crippen LogP contribution in [0.25, 0.3) is 0 Å². The van der Waals surface area contributed by atoms with Crippen molar-refractivity contribution in [3.05, 3.63) is 35.9 Å². The number of benzene rings is 1. The maximum atomic E-state index is 12.5. The number of unbranched alkanes of at least 4 members (excludes halogenated alkanes) is 2. The first-order chi connectivity index (χ1) is 10.6. The predicted octanol–water partition coefficient (Wildman–Crippen LogP) is 3.43. The molecule has 22 heavy (non-hydrogen) atoms. The Morgan fingerprint density at radius 2 is 2.05 bits per heavy atom. The summed E-state index contributed by atoms with van der Waals surface area (Å²) in [5.74, 6) is -0.670. The lowest BCUT2D eigenvalue weighted by molar-refractivity contribution is -0.147. The van der Waals surface area contributed by atoms with Gasteiger partial charge in [0.1, 0.15) is 5.92 Å². The van der Waals surface area contributed by atoms with Crippen LogP contribution in [0.3, 0.4) is 0 Å². The third-order valence-corrected chi connectivity index (χ3v) is 3.95. The Balaban J connectivity index is 2.14. The molecule has 1 aromatic rings. The Kier molecular flexibility index (Phi) is 6.07. The second-order valence-corrected chi connectivity index (χ2v) is 5.83. The molecule has 0 radical (unpaired) electrons. The van der Waals surface area contributed by atoms with Gasteiger partial charge in [-0.3, -0.25) is 4.79 Å². The molecule has 5 heteroatoms. The molecule has 0 amide bonds. The third-order valence-electron chi connectivity index (χ3n) is 3.75. The van der Waals surface area contributed by atoms with Crippen LogP contribution >= 0.6 is 12.2 Å². The van der Waals surface area contributed by atoms with Crippen LogP contribution in [0, 0.1) is 5.92 Å². The van der Waals surface area contributed by atoms with E-state index in [-0.39, 0.29) is 12.0 Å². The number of hydrogen-bond acceptors (Lipinski definition) is 3. The smallest absolute Gasteiger partial charge is 0.317 e. The van der Waals surface area contributed by atoms with Crippen molar-refractivity contribution >= 4 is 29.0 Å². The predicted molar refractivity (Wildman–Crippen MR) is 92.0 cm³/mol. The van der Waals surface area contributed by atoms with E-state index < -0.39 is 5.92 Å². The largest absolute Gasteiger partial charge is 0.465 e. The van der Waals surface area contributed by atoms with E-state index in [9.17, 15) is 4.79 Å². The lowest BCUT2D eigenvalue weighted by Crippen LogP contribution is -2.44. The van der Waals surface area contributed by atoms with Gasteiger partial charge in [-0.05, 0) is 31.1 Å². The van der Waals surface area contributed by atoms with Crippen LogP contribution < -0.4 is 5.32 Å². The zero-order valence-corrected chi connectivity index (χ0v) is 13.9. The van der Waals surface area contributed by atoms with E-state index in [1.807, 2.05) is 37.3 Å². The summed E-state index contributed by atoms with van der Waals surface area (Å²) in [5.41, 5.74) is 1.72. The van der Waals surface area contributed by atoms with E-state index in [1.165, 1.54) is 0 Å². The molecule has 118 valence electrons. The average molecular weight is 318 g/mol. The van der Waals surface area contributed by atoms with Gasteiger partial charge >= 0.3 is 5.97 Å². The van der Waals surface area contributed by atoms with Crippen LogP contribution in [0.2, 0.25) is 0 Å². The summed E-state index contributed by atoms with van der Waals surface area (Å²) in [6, 6.07) is 9.59. The highest BCUT2D eigenvalue weighted by Gasteiger charge is 2.36. The second-order valence-electron chi connectivity index (χ2n) is 5.44. The van der Waals surface area contributed by atoms with Crippen molar-refractivity contribution in [1.29, 1.82) is 0 Å². The Morgan fingerprint density at radius 3 is 2.73 bits per heavy atom. The van der Waals surface area contributed by atoms with Crippen molar-refractivity contribution in [3.8, 4) is 0 Å². The summed E-state index contributed by atoms with van der Waals surface area (Å²) in [7, 11) is 0. The molecule has 2 unspecified atom stereocenters. The number of carbonyl (C=O) groups is 1. The molecule has 1 aliphatic heterocycles. The summed E-state index contributed by atoms with van der Waals surface area (Å²) in [6.07, 6.45) is 3.06. The maximum absolute atomic E-state index is 12.5. The van der Waals surface area contributed by atoms with Crippen molar-refractivity contribution in [2.75, 3.05) is 6.61 Å². The van der Waals surface area contributed by atoms with Gasteiger partial charge in [0.25, 0.3) is 0 Å². The lowest BCUT2D eigenvalue weighted by atomic mass is 9.88. The van der Waals surface area contributed by atoms with Crippen molar-refractivity contribution in [1.82, 2.24) is 5.32 Å². The van der Waals surface area contributed by atoms with Crippen LogP contribution in [0.1, 0.15) is 44.7 Å². The van der Waals surface area contributed by atoms with E-state index in [1.54, 1.807) is 0 Å². The Morgan fingerprint density at radius 1 is 1.32 bits per heavy atom. The SMILES string of the molecule is CCCCCOC(=O)C1C(C)=NC(=S)NC1c1ccccc1. The highest BCUT2D eigenvalue weighted by molar-refractivity contribution is 7.80. The van der Waals surface area contributed by atoms with Gasteiger partial charge in [-0.2, -0.15) is 0 Å². The number of ether oxygens (including phenoxy) is 1. The van der Waals surface area contributed by atoms with Crippen LogP contribution in [-0.4, -0.2) is 23.4 Å². The molecule has 0 aromatic heterocycles. The highest BCUT2D eigenvalue weighted by atomic mass is 32.1. The minimum Gasteiger partial charge on any atom is -0.465 e. The molecule has 0 saturated carbocycles. The molecular formula is C17H22N2O2S. The van der Waals surface area contributed by atoms with Crippen molar-refractivity contribution in [3.63, 3.8) is 0 Å². The molecule has 2 rings (SSSR count).